The Morgan fingerprint density at radius 2 is 1.92 bits per heavy atom. The van der Waals surface area contributed by atoms with Crippen molar-refractivity contribution in [2.24, 2.45) is 17.6 Å². The van der Waals surface area contributed by atoms with Crippen LogP contribution in [-0.4, -0.2) is 17.3 Å². The maximum Gasteiger partial charge on any atom is 0.0825 e. The van der Waals surface area contributed by atoms with E-state index in [2.05, 4.69) is 13.8 Å². The lowest BCUT2D eigenvalue weighted by Gasteiger charge is -2.34. The summed E-state index contributed by atoms with van der Waals surface area (Å²) in [5.74, 6) is 0.891. The van der Waals surface area contributed by atoms with E-state index in [0.29, 0.717) is 18.4 Å². The second-order valence-corrected chi connectivity index (χ2v) is 3.98. The van der Waals surface area contributed by atoms with Gasteiger partial charge in [-0.15, -0.1) is 0 Å². The minimum absolute atomic E-state index is 0.398. The molecule has 0 radical (unpaired) electrons. The summed E-state index contributed by atoms with van der Waals surface area (Å²) in [5, 5.41) is 10.3. The molecule has 1 aliphatic carbocycles. The summed E-state index contributed by atoms with van der Waals surface area (Å²) < 4.78 is 0. The van der Waals surface area contributed by atoms with E-state index in [0.717, 1.165) is 12.8 Å². The molecule has 2 heteroatoms. The van der Waals surface area contributed by atoms with Crippen LogP contribution in [0.25, 0.3) is 0 Å². The lowest BCUT2D eigenvalue weighted by atomic mass is 9.80. The number of hydrogen-bond donors (Lipinski definition) is 2. The zero-order valence-electron chi connectivity index (χ0n) is 8.21. The Bertz CT molecular complexity index is 141. The molecular formula is C10H21NO. The van der Waals surface area contributed by atoms with E-state index in [4.69, 9.17) is 5.73 Å². The molecule has 1 fully saturated rings. The number of nitrogens with two attached hydrogens (primary N) is 1. The van der Waals surface area contributed by atoms with Gasteiger partial charge in [0, 0.05) is 6.54 Å². The maximum atomic E-state index is 10.3. The van der Waals surface area contributed by atoms with Crippen molar-refractivity contribution in [2.75, 3.05) is 6.54 Å². The third-order valence-corrected chi connectivity index (χ3v) is 3.30. The van der Waals surface area contributed by atoms with Crippen LogP contribution in [0.15, 0.2) is 0 Å². The monoisotopic (exact) mass is 171 g/mol. The minimum atomic E-state index is -0.552. The van der Waals surface area contributed by atoms with Gasteiger partial charge in [-0.05, 0) is 24.7 Å². The smallest absolute Gasteiger partial charge is 0.0825 e. The number of hydrogen-bond acceptors (Lipinski definition) is 2. The third-order valence-electron chi connectivity index (χ3n) is 3.30. The van der Waals surface area contributed by atoms with Crippen LogP contribution in [0, 0.1) is 11.8 Å². The van der Waals surface area contributed by atoms with Crippen LogP contribution in [0.4, 0.5) is 0 Å². The molecule has 0 spiro atoms. The highest BCUT2D eigenvalue weighted by Gasteiger charge is 2.46. The normalized spacial score (nSPS) is 22.8. The van der Waals surface area contributed by atoms with Crippen LogP contribution in [0.3, 0.4) is 0 Å². The zero-order valence-corrected chi connectivity index (χ0v) is 8.21. The van der Waals surface area contributed by atoms with Gasteiger partial charge in [0.05, 0.1) is 5.60 Å². The average Bonchev–Trinajstić information content (AvgIpc) is 2.88. The Morgan fingerprint density at radius 1 is 1.42 bits per heavy atom. The Kier molecular flexibility index (Phi) is 3.13. The van der Waals surface area contributed by atoms with E-state index in [1.807, 2.05) is 0 Å². The first-order chi connectivity index (χ1) is 5.69. The summed E-state index contributed by atoms with van der Waals surface area (Å²) in [4.78, 5) is 0. The molecule has 0 aromatic rings. The second kappa shape index (κ2) is 3.75. The fourth-order valence-electron chi connectivity index (χ4n) is 2.25. The van der Waals surface area contributed by atoms with Gasteiger partial charge in [-0.3, -0.25) is 0 Å². The minimum Gasteiger partial charge on any atom is -0.388 e. The lowest BCUT2D eigenvalue weighted by molar-refractivity contribution is -0.0339. The van der Waals surface area contributed by atoms with Crippen LogP contribution in [0.2, 0.25) is 0 Å². The molecule has 1 rings (SSSR count). The van der Waals surface area contributed by atoms with E-state index < -0.39 is 5.60 Å². The van der Waals surface area contributed by atoms with Crippen molar-refractivity contribution in [3.63, 3.8) is 0 Å². The van der Waals surface area contributed by atoms with Crippen molar-refractivity contribution in [2.45, 2.75) is 45.1 Å². The van der Waals surface area contributed by atoms with Crippen molar-refractivity contribution in [1.29, 1.82) is 0 Å². The van der Waals surface area contributed by atoms with Crippen molar-refractivity contribution < 1.29 is 5.11 Å². The second-order valence-electron chi connectivity index (χ2n) is 3.98. The van der Waals surface area contributed by atoms with Crippen molar-refractivity contribution >= 4 is 0 Å². The Labute approximate surface area is 75.2 Å². The highest BCUT2D eigenvalue weighted by molar-refractivity contribution is 4.99. The maximum absolute atomic E-state index is 10.3. The summed E-state index contributed by atoms with van der Waals surface area (Å²) >= 11 is 0. The van der Waals surface area contributed by atoms with Crippen LogP contribution in [0.1, 0.15) is 39.5 Å². The van der Waals surface area contributed by atoms with Crippen LogP contribution in [-0.2, 0) is 0 Å². The summed E-state index contributed by atoms with van der Waals surface area (Å²) in [6.45, 7) is 4.71. The van der Waals surface area contributed by atoms with Gasteiger partial charge in [-0.2, -0.15) is 0 Å². The fourth-order valence-corrected chi connectivity index (χ4v) is 2.25. The molecule has 1 saturated carbocycles. The molecule has 12 heavy (non-hydrogen) atoms. The quantitative estimate of drug-likeness (QED) is 0.659. The van der Waals surface area contributed by atoms with E-state index >= 15 is 0 Å². The summed E-state index contributed by atoms with van der Waals surface area (Å²) in [5.41, 5.74) is 5.10. The molecule has 0 aliphatic heterocycles. The van der Waals surface area contributed by atoms with E-state index in [1.165, 1.54) is 12.8 Å². The SMILES string of the molecule is CCC(CC)C(O)(CN)C1CC1. The molecule has 0 saturated heterocycles. The molecule has 0 aromatic heterocycles. The molecule has 0 amide bonds. The highest BCUT2D eigenvalue weighted by Crippen LogP contribution is 2.44. The van der Waals surface area contributed by atoms with Gasteiger partial charge in [-0.1, -0.05) is 26.7 Å². The molecular weight excluding hydrogens is 150 g/mol. The molecule has 3 N–H and O–H groups in total. The standard InChI is InChI=1S/C10H21NO/c1-3-8(4-2)10(12,7-11)9-5-6-9/h8-9,12H,3-7,11H2,1-2H3. The van der Waals surface area contributed by atoms with E-state index in [1.54, 1.807) is 0 Å². The van der Waals surface area contributed by atoms with Crippen molar-refractivity contribution in [3.8, 4) is 0 Å². The van der Waals surface area contributed by atoms with Gasteiger partial charge in [-0.25, -0.2) is 0 Å². The summed E-state index contributed by atoms with van der Waals surface area (Å²) in [6.07, 6.45) is 4.43. The summed E-state index contributed by atoms with van der Waals surface area (Å²) in [7, 11) is 0. The molecule has 0 heterocycles. The number of rotatable bonds is 5. The Morgan fingerprint density at radius 3 is 2.17 bits per heavy atom. The van der Waals surface area contributed by atoms with Gasteiger partial charge in [0.2, 0.25) is 0 Å². The molecule has 1 atom stereocenters. The predicted octanol–water partition coefficient (Wildman–Crippen LogP) is 1.52. The van der Waals surface area contributed by atoms with Crippen LogP contribution < -0.4 is 5.73 Å². The van der Waals surface area contributed by atoms with E-state index in [-0.39, 0.29) is 0 Å². The summed E-state index contributed by atoms with van der Waals surface area (Å²) in [6, 6.07) is 0. The third kappa shape index (κ3) is 1.64. The molecule has 2 nitrogen and oxygen atoms in total. The zero-order chi connectivity index (χ0) is 9.19. The molecule has 1 aliphatic rings. The topological polar surface area (TPSA) is 46.2 Å². The molecule has 72 valence electrons. The Balaban J connectivity index is 2.61. The first-order valence-corrected chi connectivity index (χ1v) is 5.11. The van der Waals surface area contributed by atoms with Gasteiger partial charge in [0.1, 0.15) is 0 Å². The van der Waals surface area contributed by atoms with Crippen molar-refractivity contribution in [3.05, 3.63) is 0 Å². The van der Waals surface area contributed by atoms with Crippen LogP contribution >= 0.6 is 0 Å². The highest BCUT2D eigenvalue weighted by atomic mass is 16.3. The van der Waals surface area contributed by atoms with E-state index in [9.17, 15) is 5.11 Å². The number of aliphatic hydroxyl groups is 1. The Hall–Kier alpha value is -0.0800. The first-order valence-electron chi connectivity index (χ1n) is 5.11. The fraction of sp³-hybridized carbons (Fsp3) is 1.00. The van der Waals surface area contributed by atoms with Gasteiger partial charge in [0.25, 0.3) is 0 Å². The van der Waals surface area contributed by atoms with Crippen LogP contribution in [0.5, 0.6) is 0 Å². The molecule has 0 aromatic carbocycles. The average molecular weight is 171 g/mol. The van der Waals surface area contributed by atoms with Gasteiger partial charge < -0.3 is 10.8 Å². The molecule has 1 unspecified atom stereocenters. The molecule has 0 bridgehead atoms. The lowest BCUT2D eigenvalue weighted by Crippen LogP contribution is -2.46. The van der Waals surface area contributed by atoms with Gasteiger partial charge >= 0.3 is 0 Å². The predicted molar refractivity (Wildman–Crippen MR) is 50.8 cm³/mol. The van der Waals surface area contributed by atoms with Gasteiger partial charge in [0.15, 0.2) is 0 Å². The van der Waals surface area contributed by atoms with Crippen molar-refractivity contribution in [1.82, 2.24) is 0 Å². The first kappa shape index (κ1) is 10.0. The largest absolute Gasteiger partial charge is 0.388 e.